The van der Waals surface area contributed by atoms with E-state index in [1.54, 1.807) is 24.4 Å². The molecule has 1 heterocycles. The van der Waals surface area contributed by atoms with Gasteiger partial charge in [0.2, 0.25) is 0 Å². The first kappa shape index (κ1) is 9.65. The SMILES string of the molecule is Fc1ccc(OCc2cc[c]cn2)cc1. The number of hydrogen-bond acceptors (Lipinski definition) is 2. The van der Waals surface area contributed by atoms with Gasteiger partial charge in [0, 0.05) is 12.3 Å². The van der Waals surface area contributed by atoms with E-state index in [2.05, 4.69) is 11.1 Å². The van der Waals surface area contributed by atoms with Crippen LogP contribution in [0.1, 0.15) is 5.69 Å². The molecule has 0 atom stereocenters. The van der Waals surface area contributed by atoms with E-state index in [4.69, 9.17) is 4.74 Å². The summed E-state index contributed by atoms with van der Waals surface area (Å²) < 4.78 is 18.0. The Bertz CT molecular complexity index is 413. The average molecular weight is 202 g/mol. The molecule has 15 heavy (non-hydrogen) atoms. The molecular formula is C12H9FNO. The number of benzene rings is 1. The molecule has 1 radical (unpaired) electrons. The Balaban J connectivity index is 1.96. The third-order valence-electron chi connectivity index (χ3n) is 1.88. The van der Waals surface area contributed by atoms with Crippen molar-refractivity contribution in [3.05, 3.63) is 60.2 Å². The standard InChI is InChI=1S/C12H9FNO/c13-10-4-6-12(7-5-10)15-9-11-3-1-2-8-14-11/h1,3-8H,9H2. The zero-order chi connectivity index (χ0) is 10.5. The lowest BCUT2D eigenvalue weighted by Crippen LogP contribution is -1.97. The molecule has 2 nitrogen and oxygen atoms in total. The van der Waals surface area contributed by atoms with Gasteiger partial charge in [-0.1, -0.05) is 6.07 Å². The third-order valence-corrected chi connectivity index (χ3v) is 1.88. The minimum absolute atomic E-state index is 0.269. The van der Waals surface area contributed by atoms with Crippen molar-refractivity contribution in [1.29, 1.82) is 0 Å². The molecule has 0 saturated carbocycles. The van der Waals surface area contributed by atoms with E-state index in [-0.39, 0.29) is 5.82 Å². The first-order valence-corrected chi connectivity index (χ1v) is 4.54. The van der Waals surface area contributed by atoms with E-state index in [0.29, 0.717) is 12.4 Å². The fraction of sp³-hybridized carbons (Fsp3) is 0.0833. The predicted octanol–water partition coefficient (Wildman–Crippen LogP) is 2.60. The van der Waals surface area contributed by atoms with Gasteiger partial charge in [0.15, 0.2) is 0 Å². The quantitative estimate of drug-likeness (QED) is 0.763. The van der Waals surface area contributed by atoms with Crippen LogP contribution < -0.4 is 4.74 Å². The van der Waals surface area contributed by atoms with Gasteiger partial charge < -0.3 is 4.74 Å². The van der Waals surface area contributed by atoms with Gasteiger partial charge >= 0.3 is 0 Å². The second-order valence-corrected chi connectivity index (χ2v) is 2.99. The summed E-state index contributed by atoms with van der Waals surface area (Å²) in [6.07, 6.45) is 1.59. The minimum atomic E-state index is -0.269. The van der Waals surface area contributed by atoms with E-state index in [9.17, 15) is 4.39 Å². The monoisotopic (exact) mass is 202 g/mol. The molecule has 0 aliphatic heterocycles. The smallest absolute Gasteiger partial charge is 0.130 e. The maximum atomic E-state index is 12.6. The van der Waals surface area contributed by atoms with Gasteiger partial charge in [0.1, 0.15) is 18.2 Å². The highest BCUT2D eigenvalue weighted by Crippen LogP contribution is 2.12. The van der Waals surface area contributed by atoms with Gasteiger partial charge in [-0.2, -0.15) is 0 Å². The van der Waals surface area contributed by atoms with Gasteiger partial charge in [0.05, 0.1) is 5.69 Å². The van der Waals surface area contributed by atoms with Crippen LogP contribution in [-0.4, -0.2) is 4.98 Å². The number of rotatable bonds is 3. The summed E-state index contributed by atoms with van der Waals surface area (Å²) in [6.45, 7) is 0.375. The van der Waals surface area contributed by atoms with E-state index in [1.165, 1.54) is 12.1 Å². The lowest BCUT2D eigenvalue weighted by molar-refractivity contribution is 0.301. The predicted molar refractivity (Wildman–Crippen MR) is 53.8 cm³/mol. The summed E-state index contributed by atoms with van der Waals surface area (Å²) in [5, 5.41) is 0. The van der Waals surface area contributed by atoms with E-state index in [1.807, 2.05) is 6.07 Å². The molecule has 3 heteroatoms. The molecule has 0 spiro atoms. The highest BCUT2D eigenvalue weighted by molar-refractivity contribution is 5.22. The summed E-state index contributed by atoms with van der Waals surface area (Å²) in [7, 11) is 0. The zero-order valence-electron chi connectivity index (χ0n) is 7.98. The number of hydrogen-bond donors (Lipinski definition) is 0. The molecule has 0 amide bonds. The Labute approximate surface area is 87.4 Å². The lowest BCUT2D eigenvalue weighted by Gasteiger charge is -2.04. The van der Waals surface area contributed by atoms with Crippen LogP contribution in [0.4, 0.5) is 4.39 Å². The van der Waals surface area contributed by atoms with Crippen LogP contribution in [0.15, 0.2) is 42.6 Å². The van der Waals surface area contributed by atoms with Crippen LogP contribution in [0.5, 0.6) is 5.75 Å². The fourth-order valence-corrected chi connectivity index (χ4v) is 1.12. The topological polar surface area (TPSA) is 22.1 Å². The van der Waals surface area contributed by atoms with Crippen molar-refractivity contribution in [3.8, 4) is 5.75 Å². The first-order chi connectivity index (χ1) is 7.34. The van der Waals surface area contributed by atoms with Crippen molar-refractivity contribution in [2.75, 3.05) is 0 Å². The molecule has 0 aliphatic rings. The molecule has 0 fully saturated rings. The van der Waals surface area contributed by atoms with Crippen LogP contribution in [0.25, 0.3) is 0 Å². The normalized spacial score (nSPS) is 9.93. The summed E-state index contributed by atoms with van der Waals surface area (Å²) in [4.78, 5) is 4.06. The van der Waals surface area contributed by atoms with Crippen molar-refractivity contribution in [1.82, 2.24) is 4.98 Å². The third kappa shape index (κ3) is 2.77. The highest BCUT2D eigenvalue weighted by Gasteiger charge is 1.96. The maximum absolute atomic E-state index is 12.6. The van der Waals surface area contributed by atoms with Gasteiger partial charge in [0.25, 0.3) is 0 Å². The largest absolute Gasteiger partial charge is 0.487 e. The van der Waals surface area contributed by atoms with Crippen molar-refractivity contribution in [3.63, 3.8) is 0 Å². The van der Waals surface area contributed by atoms with Crippen molar-refractivity contribution < 1.29 is 9.13 Å². The van der Waals surface area contributed by atoms with Crippen molar-refractivity contribution in [2.24, 2.45) is 0 Å². The van der Waals surface area contributed by atoms with Crippen molar-refractivity contribution in [2.45, 2.75) is 6.61 Å². The van der Waals surface area contributed by atoms with Crippen LogP contribution in [0, 0.1) is 11.9 Å². The number of halogens is 1. The molecule has 75 valence electrons. The number of nitrogens with zero attached hydrogens (tertiary/aromatic N) is 1. The van der Waals surface area contributed by atoms with Crippen LogP contribution in [0.2, 0.25) is 0 Å². The average Bonchev–Trinajstić information content (AvgIpc) is 2.30. The summed E-state index contributed by atoms with van der Waals surface area (Å²) in [5.74, 6) is 0.362. The Morgan fingerprint density at radius 2 is 2.00 bits per heavy atom. The van der Waals surface area contributed by atoms with Gasteiger partial charge in [-0.25, -0.2) is 4.39 Å². The lowest BCUT2D eigenvalue weighted by atomic mass is 10.3. The van der Waals surface area contributed by atoms with Gasteiger partial charge in [-0.05, 0) is 30.3 Å². The molecule has 1 aromatic heterocycles. The zero-order valence-corrected chi connectivity index (χ0v) is 7.98. The van der Waals surface area contributed by atoms with Crippen LogP contribution in [-0.2, 0) is 6.61 Å². The molecule has 0 unspecified atom stereocenters. The summed E-state index contributed by atoms with van der Waals surface area (Å²) in [6, 6.07) is 12.3. The summed E-state index contributed by atoms with van der Waals surface area (Å²) in [5.41, 5.74) is 0.818. The molecular weight excluding hydrogens is 193 g/mol. The molecule has 2 aromatic rings. The van der Waals surface area contributed by atoms with Crippen LogP contribution >= 0.6 is 0 Å². The molecule has 0 aliphatic carbocycles. The second kappa shape index (κ2) is 4.55. The Hall–Kier alpha value is -1.90. The number of pyridine rings is 1. The van der Waals surface area contributed by atoms with Crippen molar-refractivity contribution >= 4 is 0 Å². The van der Waals surface area contributed by atoms with Gasteiger partial charge in [-0.3, -0.25) is 4.98 Å². The van der Waals surface area contributed by atoms with E-state index in [0.717, 1.165) is 5.69 Å². The second-order valence-electron chi connectivity index (χ2n) is 2.99. The fourth-order valence-electron chi connectivity index (χ4n) is 1.12. The molecule has 0 saturated heterocycles. The molecule has 0 N–H and O–H groups in total. The Morgan fingerprint density at radius 3 is 2.67 bits per heavy atom. The van der Waals surface area contributed by atoms with Gasteiger partial charge in [-0.15, -0.1) is 0 Å². The van der Waals surface area contributed by atoms with E-state index < -0.39 is 0 Å². The molecule has 1 aromatic carbocycles. The Morgan fingerprint density at radius 1 is 1.20 bits per heavy atom. The van der Waals surface area contributed by atoms with E-state index >= 15 is 0 Å². The molecule has 2 rings (SSSR count). The number of aromatic nitrogens is 1. The highest BCUT2D eigenvalue weighted by atomic mass is 19.1. The maximum Gasteiger partial charge on any atom is 0.130 e. The molecule has 0 bridgehead atoms. The minimum Gasteiger partial charge on any atom is -0.487 e. The first-order valence-electron chi connectivity index (χ1n) is 4.54. The number of ether oxygens (including phenoxy) is 1. The summed E-state index contributed by atoms with van der Waals surface area (Å²) >= 11 is 0. The Kier molecular flexibility index (Phi) is 2.93. The van der Waals surface area contributed by atoms with Crippen LogP contribution in [0.3, 0.4) is 0 Å².